The van der Waals surface area contributed by atoms with E-state index in [0.717, 1.165) is 5.56 Å². The quantitative estimate of drug-likeness (QED) is 0.796. The second-order valence-corrected chi connectivity index (χ2v) is 4.25. The number of nitrogens with zero attached hydrogens (tertiary/aromatic N) is 1. The maximum Gasteiger partial charge on any atom is 0.214 e. The first-order valence-corrected chi connectivity index (χ1v) is 5.34. The fourth-order valence-corrected chi connectivity index (χ4v) is 1.08. The van der Waals surface area contributed by atoms with Gasteiger partial charge in [-0.05, 0) is 18.9 Å². The Morgan fingerprint density at radius 3 is 2.67 bits per heavy atom. The van der Waals surface area contributed by atoms with Gasteiger partial charge in [-0.3, -0.25) is 0 Å². The van der Waals surface area contributed by atoms with Gasteiger partial charge in [0.2, 0.25) is 5.88 Å². The van der Waals surface area contributed by atoms with Crippen molar-refractivity contribution in [2.75, 3.05) is 0 Å². The number of thiocarbonyl (C=S) groups is 1. The van der Waals surface area contributed by atoms with Gasteiger partial charge in [-0.15, -0.1) is 0 Å². The third kappa shape index (κ3) is 3.47. The molecule has 0 aliphatic carbocycles. The third-order valence-electron chi connectivity index (χ3n) is 2.26. The first-order chi connectivity index (χ1) is 7.00. The fourth-order valence-electron chi connectivity index (χ4n) is 0.954. The molecule has 0 saturated carbocycles. The molecule has 3 nitrogen and oxygen atoms in total. The molecule has 1 rings (SSSR count). The zero-order valence-electron chi connectivity index (χ0n) is 9.23. The Morgan fingerprint density at radius 1 is 1.47 bits per heavy atom. The van der Waals surface area contributed by atoms with Crippen molar-refractivity contribution in [3.05, 3.63) is 23.9 Å². The molecule has 1 unspecified atom stereocenters. The Morgan fingerprint density at radius 2 is 2.13 bits per heavy atom. The summed E-state index contributed by atoms with van der Waals surface area (Å²) in [6.45, 7) is 6.21. The third-order valence-corrected chi connectivity index (χ3v) is 2.50. The number of rotatable bonds is 4. The predicted molar refractivity (Wildman–Crippen MR) is 65.1 cm³/mol. The molecule has 0 radical (unpaired) electrons. The molecular formula is C11H16N2OS. The molecule has 1 aromatic rings. The van der Waals surface area contributed by atoms with Crippen LogP contribution in [0.5, 0.6) is 5.88 Å². The van der Waals surface area contributed by atoms with E-state index in [2.05, 4.69) is 18.8 Å². The predicted octanol–water partition coefficient (Wildman–Crippen LogP) is 2.14. The van der Waals surface area contributed by atoms with Gasteiger partial charge in [0.15, 0.2) is 0 Å². The van der Waals surface area contributed by atoms with Crippen LogP contribution in [0.4, 0.5) is 0 Å². The number of ether oxygens (including phenoxy) is 1. The topological polar surface area (TPSA) is 48.1 Å². The van der Waals surface area contributed by atoms with E-state index in [0.29, 0.717) is 16.8 Å². The van der Waals surface area contributed by atoms with Crippen molar-refractivity contribution in [1.29, 1.82) is 0 Å². The molecule has 0 aliphatic heterocycles. The zero-order chi connectivity index (χ0) is 11.4. The number of hydrogen-bond donors (Lipinski definition) is 1. The van der Waals surface area contributed by atoms with Gasteiger partial charge in [-0.25, -0.2) is 4.98 Å². The highest BCUT2D eigenvalue weighted by molar-refractivity contribution is 7.80. The van der Waals surface area contributed by atoms with Crippen molar-refractivity contribution in [2.45, 2.75) is 26.9 Å². The van der Waals surface area contributed by atoms with Crippen LogP contribution in [0.2, 0.25) is 0 Å². The number of hydrogen-bond acceptors (Lipinski definition) is 3. The summed E-state index contributed by atoms with van der Waals surface area (Å²) in [6.07, 6.45) is 1.77. The van der Waals surface area contributed by atoms with Crippen molar-refractivity contribution < 1.29 is 4.74 Å². The summed E-state index contributed by atoms with van der Waals surface area (Å²) in [7, 11) is 0. The highest BCUT2D eigenvalue weighted by atomic mass is 32.1. The van der Waals surface area contributed by atoms with Crippen LogP contribution in [0, 0.1) is 5.92 Å². The van der Waals surface area contributed by atoms with E-state index in [1.54, 1.807) is 18.3 Å². The molecule has 1 aromatic heterocycles. The summed E-state index contributed by atoms with van der Waals surface area (Å²) >= 11 is 4.88. The molecule has 15 heavy (non-hydrogen) atoms. The van der Waals surface area contributed by atoms with E-state index in [9.17, 15) is 0 Å². The van der Waals surface area contributed by atoms with Crippen molar-refractivity contribution in [3.63, 3.8) is 0 Å². The van der Waals surface area contributed by atoms with Crippen molar-refractivity contribution in [1.82, 2.24) is 4.98 Å². The Bertz CT molecular complexity index is 352. The standard InChI is InChI=1S/C11H16N2OS/c1-7(2)8(3)14-10-6-9(11(12)15)4-5-13-10/h4-8H,1-3H3,(H2,12,15). The minimum Gasteiger partial charge on any atom is -0.474 e. The molecule has 0 aliphatic rings. The van der Waals surface area contributed by atoms with Crippen LogP contribution in [-0.2, 0) is 0 Å². The molecule has 4 heteroatoms. The summed E-state index contributed by atoms with van der Waals surface area (Å²) in [5.41, 5.74) is 6.30. The average molecular weight is 224 g/mol. The van der Waals surface area contributed by atoms with E-state index < -0.39 is 0 Å². The van der Waals surface area contributed by atoms with Gasteiger partial charge in [-0.2, -0.15) is 0 Å². The molecule has 1 atom stereocenters. The van der Waals surface area contributed by atoms with Gasteiger partial charge < -0.3 is 10.5 Å². The maximum absolute atomic E-state index is 5.64. The largest absolute Gasteiger partial charge is 0.474 e. The summed E-state index contributed by atoms with van der Waals surface area (Å²) in [4.78, 5) is 4.47. The normalized spacial score (nSPS) is 12.5. The van der Waals surface area contributed by atoms with Crippen LogP contribution in [0.1, 0.15) is 26.3 Å². The van der Waals surface area contributed by atoms with Crippen LogP contribution in [0.25, 0.3) is 0 Å². The van der Waals surface area contributed by atoms with Crippen molar-refractivity contribution in [2.24, 2.45) is 11.7 Å². The summed E-state index contributed by atoms with van der Waals surface area (Å²) < 4.78 is 5.64. The van der Waals surface area contributed by atoms with Crippen LogP contribution in [0.3, 0.4) is 0 Å². The Kier molecular flexibility index (Phi) is 4.03. The Hall–Kier alpha value is -1.16. The molecular weight excluding hydrogens is 208 g/mol. The first kappa shape index (κ1) is 11.9. The number of aromatic nitrogens is 1. The molecule has 0 spiro atoms. The Balaban J connectivity index is 2.78. The SMILES string of the molecule is CC(C)C(C)Oc1cc(C(N)=S)ccn1. The molecule has 0 bridgehead atoms. The number of pyridine rings is 1. The smallest absolute Gasteiger partial charge is 0.214 e. The lowest BCUT2D eigenvalue weighted by molar-refractivity contribution is 0.163. The van der Waals surface area contributed by atoms with Crippen molar-refractivity contribution >= 4 is 17.2 Å². The molecule has 2 N–H and O–H groups in total. The van der Waals surface area contributed by atoms with E-state index in [1.807, 2.05) is 6.92 Å². The molecule has 0 amide bonds. The van der Waals surface area contributed by atoms with Crippen LogP contribution >= 0.6 is 12.2 Å². The maximum atomic E-state index is 5.64. The Labute approximate surface area is 95.7 Å². The van der Waals surface area contributed by atoms with Gasteiger partial charge in [0.25, 0.3) is 0 Å². The summed E-state index contributed by atoms with van der Waals surface area (Å²) in [5, 5.41) is 0. The zero-order valence-corrected chi connectivity index (χ0v) is 10.0. The molecule has 0 aromatic carbocycles. The van der Waals surface area contributed by atoms with Gasteiger partial charge in [0.05, 0.1) is 6.10 Å². The van der Waals surface area contributed by atoms with Crippen molar-refractivity contribution in [3.8, 4) is 5.88 Å². The van der Waals surface area contributed by atoms with E-state index in [4.69, 9.17) is 22.7 Å². The minimum atomic E-state index is 0.124. The molecule has 0 saturated heterocycles. The summed E-state index contributed by atoms with van der Waals surface area (Å²) in [5.74, 6) is 1.02. The monoisotopic (exact) mass is 224 g/mol. The molecule has 0 fully saturated rings. The fraction of sp³-hybridized carbons (Fsp3) is 0.455. The van der Waals surface area contributed by atoms with Gasteiger partial charge in [0.1, 0.15) is 4.99 Å². The average Bonchev–Trinajstić information content (AvgIpc) is 2.18. The van der Waals surface area contributed by atoms with Gasteiger partial charge >= 0.3 is 0 Å². The summed E-state index contributed by atoms with van der Waals surface area (Å²) in [6, 6.07) is 3.54. The van der Waals surface area contributed by atoms with E-state index in [1.165, 1.54) is 0 Å². The van der Waals surface area contributed by atoms with Crippen LogP contribution in [0.15, 0.2) is 18.3 Å². The van der Waals surface area contributed by atoms with Crippen LogP contribution < -0.4 is 10.5 Å². The highest BCUT2D eigenvalue weighted by Gasteiger charge is 2.09. The van der Waals surface area contributed by atoms with Gasteiger partial charge in [0, 0.05) is 17.8 Å². The lowest BCUT2D eigenvalue weighted by Gasteiger charge is -2.17. The molecule has 82 valence electrons. The van der Waals surface area contributed by atoms with Gasteiger partial charge in [-0.1, -0.05) is 26.1 Å². The minimum absolute atomic E-state index is 0.124. The first-order valence-electron chi connectivity index (χ1n) is 4.93. The highest BCUT2D eigenvalue weighted by Crippen LogP contribution is 2.14. The second kappa shape index (κ2) is 5.07. The lowest BCUT2D eigenvalue weighted by atomic mass is 10.1. The molecule has 1 heterocycles. The second-order valence-electron chi connectivity index (χ2n) is 3.81. The van der Waals surface area contributed by atoms with E-state index in [-0.39, 0.29) is 6.10 Å². The van der Waals surface area contributed by atoms with E-state index >= 15 is 0 Å². The lowest BCUT2D eigenvalue weighted by Crippen LogP contribution is -2.19. The van der Waals surface area contributed by atoms with Crippen LogP contribution in [-0.4, -0.2) is 16.1 Å². The number of nitrogens with two attached hydrogens (primary N) is 1.